The van der Waals surface area contributed by atoms with Gasteiger partial charge in [-0.25, -0.2) is 9.18 Å². The van der Waals surface area contributed by atoms with Crippen molar-refractivity contribution in [3.63, 3.8) is 0 Å². The van der Waals surface area contributed by atoms with Crippen LogP contribution in [0.2, 0.25) is 0 Å². The molecule has 41 heavy (non-hydrogen) atoms. The predicted octanol–water partition coefficient (Wildman–Crippen LogP) is 2.06. The second-order valence-electron chi connectivity index (χ2n) is 10.2. The van der Waals surface area contributed by atoms with Gasteiger partial charge in [-0.2, -0.15) is 4.57 Å². The van der Waals surface area contributed by atoms with Crippen LogP contribution in [-0.2, 0) is 11.8 Å². The summed E-state index contributed by atoms with van der Waals surface area (Å²) in [4.78, 5) is 17.4. The number of aryl methyl sites for hydroxylation is 1. The Morgan fingerprint density at radius 2 is 1.78 bits per heavy atom. The molecule has 1 N–H and O–H groups in total. The van der Waals surface area contributed by atoms with Crippen molar-refractivity contribution in [2.24, 2.45) is 7.05 Å². The lowest BCUT2D eigenvalue weighted by Crippen LogP contribution is -3.00. The first-order valence-corrected chi connectivity index (χ1v) is 14.1. The molecule has 0 aliphatic carbocycles. The summed E-state index contributed by atoms with van der Waals surface area (Å²) in [6.45, 7) is 11.1. The molecule has 1 saturated heterocycles. The lowest BCUT2D eigenvalue weighted by atomic mass is 10.1. The first-order valence-electron chi connectivity index (χ1n) is 14.1. The fraction of sp³-hybridized carbons (Fsp3) is 0.375. The third kappa shape index (κ3) is 7.25. The van der Waals surface area contributed by atoms with Crippen LogP contribution in [0.15, 0.2) is 57.7 Å². The molecule has 2 aromatic heterocycles. The fourth-order valence-electron chi connectivity index (χ4n) is 5.27. The minimum atomic E-state index is -0.380. The van der Waals surface area contributed by atoms with Crippen LogP contribution in [0.1, 0.15) is 31.5 Å². The molecule has 0 amide bonds. The van der Waals surface area contributed by atoms with Gasteiger partial charge in [-0.3, -0.25) is 4.90 Å². The van der Waals surface area contributed by atoms with Crippen LogP contribution in [-0.4, -0.2) is 57.4 Å². The molecule has 0 unspecified atom stereocenters. The third-order valence-corrected chi connectivity index (χ3v) is 7.68. The van der Waals surface area contributed by atoms with Crippen LogP contribution in [0.4, 0.5) is 15.8 Å². The monoisotopic (exact) mass is 672 g/mol. The number of rotatable bonds is 10. The van der Waals surface area contributed by atoms with Gasteiger partial charge in [0, 0.05) is 73.5 Å². The van der Waals surface area contributed by atoms with Crippen molar-refractivity contribution in [3.05, 3.63) is 76.0 Å². The van der Waals surface area contributed by atoms with Crippen LogP contribution in [0, 0.1) is 5.82 Å². The molecule has 7 nitrogen and oxygen atoms in total. The number of hydrogen-bond acceptors (Lipinski definition) is 6. The van der Waals surface area contributed by atoms with Gasteiger partial charge in [-0.05, 0) is 63.2 Å². The largest absolute Gasteiger partial charge is 1.00 e. The normalized spacial score (nSPS) is 14.0. The van der Waals surface area contributed by atoms with Crippen molar-refractivity contribution in [2.75, 3.05) is 62.7 Å². The van der Waals surface area contributed by atoms with Crippen LogP contribution < -0.4 is 44.4 Å². The van der Waals surface area contributed by atoms with E-state index in [0.717, 1.165) is 80.0 Å². The van der Waals surface area contributed by atoms with E-state index in [0.29, 0.717) is 23.4 Å². The van der Waals surface area contributed by atoms with E-state index in [1.54, 1.807) is 12.1 Å². The van der Waals surface area contributed by atoms with Crippen LogP contribution in [0.5, 0.6) is 0 Å². The van der Waals surface area contributed by atoms with Gasteiger partial charge >= 0.3 is 5.63 Å². The smallest absolute Gasteiger partial charge is 0.343 e. The molecule has 1 fully saturated rings. The lowest BCUT2D eigenvalue weighted by molar-refractivity contribution is -0.646. The zero-order valence-corrected chi connectivity index (χ0v) is 26.1. The molecule has 0 spiro atoms. The standard InChI is InChI=1S/C32H37FN4O3.HI/c1-4-37(5-2)27-12-8-24-19-25(32(38)40-31(24)21-27)9-11-26-10-7-23-20-28(33)29(22-30(23)35(26)3)34-13-6-14-36-15-17-39-18-16-36;/h7-12,19-22H,4-6,13-18H2,1-3H3;1H/b11-9+;. The fourth-order valence-corrected chi connectivity index (χ4v) is 5.27. The average molecular weight is 673 g/mol. The van der Waals surface area contributed by atoms with E-state index in [-0.39, 0.29) is 35.4 Å². The summed E-state index contributed by atoms with van der Waals surface area (Å²) in [5.41, 5.74) is 3.98. The minimum Gasteiger partial charge on any atom is -1.00 e. The maximum atomic E-state index is 14.8. The Kier molecular flexibility index (Phi) is 10.7. The Labute approximate surface area is 257 Å². The molecule has 0 bridgehead atoms. The molecular formula is C32H38FIN4O3. The number of fused-ring (bicyclic) bond motifs is 2. The predicted molar refractivity (Wildman–Crippen MR) is 160 cm³/mol. The van der Waals surface area contributed by atoms with Gasteiger partial charge in [0.1, 0.15) is 18.4 Å². The number of morpholine rings is 1. The van der Waals surface area contributed by atoms with Gasteiger partial charge in [0.2, 0.25) is 11.2 Å². The molecule has 5 rings (SSSR count). The first kappa shape index (κ1) is 30.9. The van der Waals surface area contributed by atoms with E-state index in [1.807, 2.05) is 54.1 Å². The topological polar surface area (TPSA) is 61.8 Å². The van der Waals surface area contributed by atoms with Gasteiger partial charge in [0.15, 0.2) is 0 Å². The molecule has 1 aliphatic rings. The lowest BCUT2D eigenvalue weighted by Gasteiger charge is -2.26. The van der Waals surface area contributed by atoms with Crippen molar-refractivity contribution in [3.8, 4) is 0 Å². The highest BCUT2D eigenvalue weighted by Crippen LogP contribution is 2.24. The van der Waals surface area contributed by atoms with Crippen LogP contribution in [0.25, 0.3) is 34.0 Å². The van der Waals surface area contributed by atoms with Crippen LogP contribution in [0.3, 0.4) is 0 Å². The van der Waals surface area contributed by atoms with E-state index >= 15 is 0 Å². The molecule has 1 aliphatic heterocycles. The Morgan fingerprint density at radius 1 is 1.02 bits per heavy atom. The molecule has 4 aromatic rings. The number of nitrogens with one attached hydrogen (secondary N) is 1. The summed E-state index contributed by atoms with van der Waals surface area (Å²) in [5, 5.41) is 4.95. The maximum Gasteiger partial charge on any atom is 0.343 e. The van der Waals surface area contributed by atoms with Gasteiger partial charge in [-0.1, -0.05) is 0 Å². The number of halogens is 2. The molecule has 9 heteroatoms. The van der Waals surface area contributed by atoms with Crippen molar-refractivity contribution in [1.82, 2.24) is 4.90 Å². The van der Waals surface area contributed by atoms with E-state index in [2.05, 4.69) is 35.0 Å². The SMILES string of the molecule is CCN(CC)c1ccc2cc(/C=C/c3ccc4cc(F)c(NCCCN5CCOCC5)cc4[n+]3C)c(=O)oc2c1.[I-]. The van der Waals surface area contributed by atoms with Crippen molar-refractivity contribution in [2.45, 2.75) is 20.3 Å². The highest BCUT2D eigenvalue weighted by molar-refractivity contribution is 5.84. The van der Waals surface area contributed by atoms with E-state index in [4.69, 9.17) is 9.15 Å². The van der Waals surface area contributed by atoms with Crippen molar-refractivity contribution < 1.29 is 42.1 Å². The Hall–Kier alpha value is -3.02. The average Bonchev–Trinajstić information content (AvgIpc) is 2.96. The molecular weight excluding hydrogens is 634 g/mol. The second-order valence-corrected chi connectivity index (χ2v) is 10.2. The van der Waals surface area contributed by atoms with Crippen molar-refractivity contribution >= 4 is 45.4 Å². The van der Waals surface area contributed by atoms with E-state index < -0.39 is 0 Å². The molecule has 0 saturated carbocycles. The molecule has 3 heterocycles. The number of pyridine rings is 1. The summed E-state index contributed by atoms with van der Waals surface area (Å²) in [6, 6.07) is 15.1. The van der Waals surface area contributed by atoms with Crippen molar-refractivity contribution in [1.29, 1.82) is 0 Å². The number of nitrogens with zero attached hydrogens (tertiary/aromatic N) is 3. The number of benzene rings is 2. The number of anilines is 2. The molecule has 218 valence electrons. The quantitative estimate of drug-likeness (QED) is 0.121. The molecule has 0 atom stereocenters. The zero-order valence-electron chi connectivity index (χ0n) is 24.0. The second kappa shape index (κ2) is 14.2. The first-order chi connectivity index (χ1) is 19.5. The van der Waals surface area contributed by atoms with E-state index in [1.165, 1.54) is 0 Å². The minimum absolute atomic E-state index is 0. The summed E-state index contributed by atoms with van der Waals surface area (Å²) in [5.74, 6) is -0.264. The summed E-state index contributed by atoms with van der Waals surface area (Å²) in [6.07, 6.45) is 4.59. The Balaban J connectivity index is 0.00000387. The molecule has 2 aromatic carbocycles. The van der Waals surface area contributed by atoms with Gasteiger partial charge in [0.05, 0.1) is 24.5 Å². The van der Waals surface area contributed by atoms with Crippen LogP contribution >= 0.6 is 0 Å². The Bertz CT molecular complexity index is 1580. The summed E-state index contributed by atoms with van der Waals surface area (Å²) >= 11 is 0. The molecule has 0 radical (unpaired) electrons. The summed E-state index contributed by atoms with van der Waals surface area (Å²) < 4.78 is 27.9. The highest BCUT2D eigenvalue weighted by atomic mass is 127. The third-order valence-electron chi connectivity index (χ3n) is 7.68. The number of aromatic nitrogens is 1. The zero-order chi connectivity index (χ0) is 28.1. The number of hydrogen-bond donors (Lipinski definition) is 1. The van der Waals surface area contributed by atoms with Gasteiger partial charge in [-0.15, -0.1) is 0 Å². The van der Waals surface area contributed by atoms with Gasteiger partial charge in [0.25, 0.3) is 0 Å². The highest BCUT2D eigenvalue weighted by Gasteiger charge is 2.15. The number of ether oxygens (including phenoxy) is 1. The van der Waals surface area contributed by atoms with E-state index in [9.17, 15) is 9.18 Å². The Morgan fingerprint density at radius 3 is 2.54 bits per heavy atom. The summed E-state index contributed by atoms with van der Waals surface area (Å²) in [7, 11) is 1.94. The maximum absolute atomic E-state index is 14.8. The van der Waals surface area contributed by atoms with Gasteiger partial charge < -0.3 is 43.3 Å².